The van der Waals surface area contributed by atoms with Crippen LogP contribution < -0.4 is 10.3 Å². The minimum atomic E-state index is -0.905. The number of carbonyl (C=O) groups excluding carboxylic acids is 1. The summed E-state index contributed by atoms with van der Waals surface area (Å²) in [5.41, 5.74) is 9.32. The summed E-state index contributed by atoms with van der Waals surface area (Å²) in [6, 6.07) is 7.60. The zero-order chi connectivity index (χ0) is 21.5. The third-order valence-electron chi connectivity index (χ3n) is 5.52. The van der Waals surface area contributed by atoms with Gasteiger partial charge in [0.1, 0.15) is 10.4 Å². The molecule has 4 aromatic rings. The van der Waals surface area contributed by atoms with E-state index in [0.717, 1.165) is 42.8 Å². The van der Waals surface area contributed by atoms with Crippen molar-refractivity contribution >= 4 is 49.3 Å². The number of carbonyl (C=O) groups is 1. The molecule has 11 heteroatoms. The van der Waals surface area contributed by atoms with Crippen LogP contribution in [0.15, 0.2) is 40.4 Å². The molecule has 31 heavy (non-hydrogen) atoms. The summed E-state index contributed by atoms with van der Waals surface area (Å²) in [5.74, 6) is -0.349. The number of fused-ring (bicyclic) bond motifs is 5. The highest BCUT2D eigenvalue weighted by Gasteiger charge is 2.23. The summed E-state index contributed by atoms with van der Waals surface area (Å²) in [6.45, 7) is 3.52. The van der Waals surface area contributed by atoms with Crippen LogP contribution in [0.5, 0.6) is 0 Å². The topological polar surface area (TPSA) is 120 Å². The van der Waals surface area contributed by atoms with Crippen molar-refractivity contribution < 1.29 is 4.79 Å². The van der Waals surface area contributed by atoms with Gasteiger partial charge in [0.05, 0.1) is 15.6 Å². The van der Waals surface area contributed by atoms with E-state index in [2.05, 4.69) is 31.9 Å². The summed E-state index contributed by atoms with van der Waals surface area (Å²) in [6.07, 6.45) is 2.47. The first-order valence-corrected chi connectivity index (χ1v) is 10.7. The predicted octanol–water partition coefficient (Wildman–Crippen LogP) is 3.05. The minimum absolute atomic E-state index is 0.153. The minimum Gasteiger partial charge on any atom is -0.339 e. The molecule has 0 N–H and O–H groups in total. The molecule has 0 radical (unpaired) electrons. The second-order valence-corrected chi connectivity index (χ2v) is 8.49. The Hall–Kier alpha value is -3.53. The monoisotopic (exact) mass is 434 g/mol. The third kappa shape index (κ3) is 3.19. The van der Waals surface area contributed by atoms with Gasteiger partial charge in [-0.15, -0.1) is 11.3 Å². The number of azide groups is 1. The molecular weight excluding hydrogens is 416 g/mol. The van der Waals surface area contributed by atoms with Gasteiger partial charge >= 0.3 is 0 Å². The lowest BCUT2D eigenvalue weighted by molar-refractivity contribution is 0.100. The van der Waals surface area contributed by atoms with Crippen molar-refractivity contribution in [2.24, 2.45) is 5.11 Å². The van der Waals surface area contributed by atoms with Gasteiger partial charge in [0, 0.05) is 30.7 Å². The van der Waals surface area contributed by atoms with E-state index in [0.29, 0.717) is 16.4 Å². The van der Waals surface area contributed by atoms with Gasteiger partial charge in [-0.2, -0.15) is 4.98 Å². The second kappa shape index (κ2) is 7.62. The molecule has 0 bridgehead atoms. The van der Waals surface area contributed by atoms with Gasteiger partial charge in [-0.25, -0.2) is 4.98 Å². The van der Waals surface area contributed by atoms with Gasteiger partial charge in [-0.3, -0.25) is 14.0 Å². The highest BCUT2D eigenvalue weighted by Crippen LogP contribution is 2.31. The molecule has 1 aliphatic rings. The van der Waals surface area contributed by atoms with Crippen molar-refractivity contribution in [3.8, 4) is 0 Å². The molecule has 0 saturated carbocycles. The van der Waals surface area contributed by atoms with E-state index in [-0.39, 0.29) is 10.9 Å². The smallest absolute Gasteiger partial charge is 0.256 e. The number of amides is 1. The molecule has 1 aliphatic heterocycles. The SMILES string of the molecule is CN1CCCN(c2ncc3c(=O)c(C(=O)N=[N+]=[N-])c4sc5ccccc5n4c3n2)CC1. The van der Waals surface area contributed by atoms with E-state index in [1.807, 2.05) is 24.3 Å². The Morgan fingerprint density at radius 2 is 2.06 bits per heavy atom. The Balaban J connectivity index is 1.83. The molecule has 1 amide bonds. The number of anilines is 1. The van der Waals surface area contributed by atoms with Crippen LogP contribution in [0.2, 0.25) is 0 Å². The standard InChI is InChI=1S/C20H18N8O2S/c1-26-7-4-8-27(10-9-26)20-22-11-12-16(29)15(18(30)24-25-21)19-28(17(12)23-20)13-5-2-3-6-14(13)31-19/h2-3,5-6,11H,4,7-10H2,1H3. The van der Waals surface area contributed by atoms with Gasteiger partial charge < -0.3 is 9.80 Å². The first-order valence-electron chi connectivity index (χ1n) is 9.84. The fourth-order valence-electron chi connectivity index (χ4n) is 3.96. The number of hydrogen-bond acceptors (Lipinski definition) is 7. The van der Waals surface area contributed by atoms with E-state index >= 15 is 0 Å². The van der Waals surface area contributed by atoms with Crippen molar-refractivity contribution in [2.45, 2.75) is 6.42 Å². The molecule has 3 aromatic heterocycles. The van der Waals surface area contributed by atoms with Crippen LogP contribution in [0, 0.1) is 0 Å². The molecule has 1 aromatic carbocycles. The van der Waals surface area contributed by atoms with Gasteiger partial charge in [-0.1, -0.05) is 12.1 Å². The molecule has 0 aliphatic carbocycles. The Bertz CT molecular complexity index is 1450. The van der Waals surface area contributed by atoms with Crippen LogP contribution in [0.1, 0.15) is 16.8 Å². The highest BCUT2D eigenvalue weighted by molar-refractivity contribution is 7.24. The van der Waals surface area contributed by atoms with Gasteiger partial charge in [0.2, 0.25) is 11.4 Å². The van der Waals surface area contributed by atoms with Crippen LogP contribution in [0.25, 0.3) is 36.5 Å². The number of rotatable bonds is 2. The van der Waals surface area contributed by atoms with Crippen LogP contribution in [-0.4, -0.2) is 58.4 Å². The van der Waals surface area contributed by atoms with E-state index < -0.39 is 11.3 Å². The number of aromatic nitrogens is 3. The van der Waals surface area contributed by atoms with E-state index in [9.17, 15) is 9.59 Å². The van der Waals surface area contributed by atoms with Crippen molar-refractivity contribution in [3.63, 3.8) is 0 Å². The lowest BCUT2D eigenvalue weighted by Gasteiger charge is -2.20. The molecule has 1 fully saturated rings. The normalized spacial score (nSPS) is 15.3. The highest BCUT2D eigenvalue weighted by atomic mass is 32.1. The van der Waals surface area contributed by atoms with Crippen LogP contribution >= 0.6 is 11.3 Å². The molecule has 0 atom stereocenters. The molecule has 156 valence electrons. The van der Waals surface area contributed by atoms with Crippen molar-refractivity contribution in [1.29, 1.82) is 0 Å². The quantitative estimate of drug-likeness (QED) is 0.272. The molecular formula is C20H18N8O2S. The van der Waals surface area contributed by atoms with E-state index in [1.165, 1.54) is 17.5 Å². The van der Waals surface area contributed by atoms with Crippen molar-refractivity contribution in [1.82, 2.24) is 19.3 Å². The van der Waals surface area contributed by atoms with Crippen molar-refractivity contribution in [2.75, 3.05) is 38.1 Å². The molecule has 10 nitrogen and oxygen atoms in total. The maximum Gasteiger partial charge on any atom is 0.256 e. The number of hydrogen-bond donors (Lipinski definition) is 0. The van der Waals surface area contributed by atoms with Crippen LogP contribution in [0.4, 0.5) is 5.95 Å². The fraction of sp³-hybridized carbons (Fsp3) is 0.300. The summed E-state index contributed by atoms with van der Waals surface area (Å²) in [7, 11) is 2.09. The molecule has 4 heterocycles. The summed E-state index contributed by atoms with van der Waals surface area (Å²) in [5, 5.41) is 3.39. The number of likely N-dealkylation sites (N-methyl/N-ethyl adjacent to an activating group) is 1. The number of pyridine rings is 1. The van der Waals surface area contributed by atoms with E-state index in [4.69, 9.17) is 10.5 Å². The Kier molecular flexibility index (Phi) is 4.78. The first-order chi connectivity index (χ1) is 15.1. The molecule has 0 unspecified atom stereocenters. The first kappa shape index (κ1) is 19.4. The number of benzene rings is 1. The zero-order valence-electron chi connectivity index (χ0n) is 16.7. The molecule has 5 rings (SSSR count). The largest absolute Gasteiger partial charge is 0.339 e. The Morgan fingerprint density at radius 1 is 1.23 bits per heavy atom. The summed E-state index contributed by atoms with van der Waals surface area (Å²) < 4.78 is 2.69. The number of nitrogens with zero attached hydrogens (tertiary/aromatic N) is 8. The average molecular weight is 434 g/mol. The van der Waals surface area contributed by atoms with Gasteiger partial charge in [0.25, 0.3) is 5.91 Å². The fourth-order valence-corrected chi connectivity index (χ4v) is 5.14. The number of para-hydroxylation sites is 1. The lowest BCUT2D eigenvalue weighted by atomic mass is 10.2. The van der Waals surface area contributed by atoms with E-state index in [1.54, 1.807) is 4.40 Å². The maximum absolute atomic E-state index is 13.2. The number of thiazole rings is 1. The Morgan fingerprint density at radius 3 is 2.90 bits per heavy atom. The van der Waals surface area contributed by atoms with Crippen LogP contribution in [0.3, 0.4) is 0 Å². The third-order valence-corrected chi connectivity index (χ3v) is 6.67. The van der Waals surface area contributed by atoms with Gasteiger partial charge in [0.15, 0.2) is 5.65 Å². The summed E-state index contributed by atoms with van der Waals surface area (Å²) in [4.78, 5) is 42.3. The summed E-state index contributed by atoms with van der Waals surface area (Å²) >= 11 is 1.29. The lowest BCUT2D eigenvalue weighted by Crippen LogP contribution is -2.30. The van der Waals surface area contributed by atoms with Crippen molar-refractivity contribution in [3.05, 3.63) is 56.7 Å². The van der Waals surface area contributed by atoms with Gasteiger partial charge in [-0.05, 0) is 42.8 Å². The molecule has 0 spiro atoms. The maximum atomic E-state index is 13.2. The van der Waals surface area contributed by atoms with Crippen LogP contribution in [-0.2, 0) is 0 Å². The Labute approximate surface area is 180 Å². The average Bonchev–Trinajstić information content (AvgIpc) is 3.01. The predicted molar refractivity (Wildman–Crippen MR) is 120 cm³/mol. The zero-order valence-corrected chi connectivity index (χ0v) is 17.5. The molecule has 1 saturated heterocycles. The second-order valence-electron chi connectivity index (χ2n) is 7.46.